The van der Waals surface area contributed by atoms with Gasteiger partial charge in [-0.2, -0.15) is 9.94 Å². The lowest BCUT2D eigenvalue weighted by atomic mass is 9.89. The molecular weight excluding hydrogens is 398 g/mol. The van der Waals surface area contributed by atoms with Crippen molar-refractivity contribution in [3.05, 3.63) is 48.3 Å². The van der Waals surface area contributed by atoms with Gasteiger partial charge in [-0.3, -0.25) is 9.59 Å². The van der Waals surface area contributed by atoms with Crippen molar-refractivity contribution < 1.29 is 18.0 Å². The average molecular weight is 417 g/mol. The zero-order valence-corrected chi connectivity index (χ0v) is 16.0. The van der Waals surface area contributed by atoms with E-state index in [9.17, 15) is 18.0 Å². The molecule has 2 aromatic carbocycles. The molecule has 0 aliphatic rings. The number of aromatic amines is 1. The molecule has 0 saturated carbocycles. The predicted molar refractivity (Wildman–Crippen MR) is 103 cm³/mol. The third kappa shape index (κ3) is 4.55. The Morgan fingerprint density at radius 2 is 1.83 bits per heavy atom. The molecule has 3 rings (SSSR count). The van der Waals surface area contributed by atoms with E-state index in [1.165, 1.54) is 12.1 Å². The fourth-order valence-electron chi connectivity index (χ4n) is 3.00. The monoisotopic (exact) mass is 417 g/mol. The number of primary amides is 2. The van der Waals surface area contributed by atoms with Gasteiger partial charge in [0.05, 0.1) is 11.3 Å². The highest BCUT2D eigenvalue weighted by Crippen LogP contribution is 2.24. The summed E-state index contributed by atoms with van der Waals surface area (Å²) in [5.41, 5.74) is 8.82. The smallest absolute Gasteiger partial charge is 0.241 e. The summed E-state index contributed by atoms with van der Waals surface area (Å²) in [4.78, 5) is 23.8. The molecule has 0 spiro atoms. The van der Waals surface area contributed by atoms with Gasteiger partial charge in [-0.05, 0) is 29.3 Å². The minimum absolute atomic E-state index is 0.0347. The van der Waals surface area contributed by atoms with E-state index in [-0.39, 0.29) is 23.6 Å². The van der Waals surface area contributed by atoms with Gasteiger partial charge in [0, 0.05) is 6.42 Å². The molecule has 1 aromatic heterocycles. The lowest BCUT2D eigenvalue weighted by Gasteiger charge is -2.30. The first-order chi connectivity index (χ1) is 13.7. The fourth-order valence-corrected chi connectivity index (χ4v) is 4.43. The van der Waals surface area contributed by atoms with Crippen LogP contribution in [0, 0.1) is 0 Å². The molecule has 12 heteroatoms. The molecule has 2 amide bonds. The molecule has 0 radical (unpaired) electrons. The van der Waals surface area contributed by atoms with Gasteiger partial charge in [-0.15, -0.1) is 10.2 Å². The van der Waals surface area contributed by atoms with Gasteiger partial charge in [-0.25, -0.2) is 8.42 Å². The van der Waals surface area contributed by atoms with Crippen molar-refractivity contribution in [3.8, 4) is 0 Å². The van der Waals surface area contributed by atoms with E-state index in [2.05, 4.69) is 25.3 Å². The van der Waals surface area contributed by atoms with Crippen LogP contribution in [0.3, 0.4) is 0 Å². The SMILES string of the molecule is NC(=O)CC(CCc1nn[nH]n1)(NS(=O)(=O)c1ccc2ccccc2c1)C(N)=O. The van der Waals surface area contributed by atoms with Crippen molar-refractivity contribution in [3.63, 3.8) is 0 Å². The molecule has 6 N–H and O–H groups in total. The number of nitrogens with zero attached hydrogens (tertiary/aromatic N) is 3. The number of fused-ring (bicyclic) bond motifs is 1. The Balaban J connectivity index is 1.97. The van der Waals surface area contributed by atoms with Crippen molar-refractivity contribution in [2.45, 2.75) is 29.7 Å². The van der Waals surface area contributed by atoms with Crippen LogP contribution in [0.2, 0.25) is 0 Å². The van der Waals surface area contributed by atoms with Gasteiger partial charge in [-0.1, -0.05) is 35.5 Å². The summed E-state index contributed by atoms with van der Waals surface area (Å²) >= 11 is 0. The van der Waals surface area contributed by atoms with Gasteiger partial charge in [0.1, 0.15) is 5.54 Å². The zero-order chi connectivity index (χ0) is 21.1. The number of nitrogens with two attached hydrogens (primary N) is 2. The second-order valence-corrected chi connectivity index (χ2v) is 8.21. The van der Waals surface area contributed by atoms with Crippen LogP contribution >= 0.6 is 0 Å². The fraction of sp³-hybridized carbons (Fsp3) is 0.235. The lowest BCUT2D eigenvalue weighted by molar-refractivity contribution is -0.129. The summed E-state index contributed by atoms with van der Waals surface area (Å²) < 4.78 is 28.3. The number of sulfonamides is 1. The van der Waals surface area contributed by atoms with Crippen molar-refractivity contribution in [1.29, 1.82) is 0 Å². The Kier molecular flexibility index (Phi) is 5.57. The number of nitrogens with one attached hydrogen (secondary N) is 2. The van der Waals surface area contributed by atoms with E-state index in [0.29, 0.717) is 5.39 Å². The van der Waals surface area contributed by atoms with E-state index in [1.807, 2.05) is 12.1 Å². The Morgan fingerprint density at radius 3 is 2.45 bits per heavy atom. The highest BCUT2D eigenvalue weighted by Gasteiger charge is 2.42. The standard InChI is InChI=1S/C17H19N7O4S/c18-14(25)10-17(16(19)26,8-7-15-20-23-24-21-15)22-29(27,28)13-6-5-11-3-1-2-4-12(11)9-13/h1-6,9,22H,7-8,10H2,(H2,18,25)(H2,19,26)(H,20,21,23,24). The van der Waals surface area contributed by atoms with Crippen LogP contribution < -0.4 is 16.2 Å². The minimum Gasteiger partial charge on any atom is -0.370 e. The summed E-state index contributed by atoms with van der Waals surface area (Å²) in [7, 11) is -4.21. The molecule has 29 heavy (non-hydrogen) atoms. The molecule has 0 fully saturated rings. The number of carbonyl (C=O) groups is 2. The zero-order valence-electron chi connectivity index (χ0n) is 15.2. The van der Waals surface area contributed by atoms with Crippen LogP contribution in [0.25, 0.3) is 10.8 Å². The quantitative estimate of drug-likeness (QED) is 0.356. The van der Waals surface area contributed by atoms with Gasteiger partial charge >= 0.3 is 0 Å². The normalized spacial score (nSPS) is 13.8. The van der Waals surface area contributed by atoms with Gasteiger partial charge in [0.2, 0.25) is 21.8 Å². The van der Waals surface area contributed by atoms with E-state index < -0.39 is 33.8 Å². The number of hydrogen-bond acceptors (Lipinski definition) is 7. The number of carbonyl (C=O) groups excluding carboxylic acids is 2. The van der Waals surface area contributed by atoms with Crippen LogP contribution in [-0.2, 0) is 26.0 Å². The summed E-state index contributed by atoms with van der Waals surface area (Å²) in [5.74, 6) is -1.70. The lowest BCUT2D eigenvalue weighted by Crippen LogP contribution is -2.59. The summed E-state index contributed by atoms with van der Waals surface area (Å²) in [6, 6.07) is 11.7. The van der Waals surface area contributed by atoms with Gasteiger partial charge in [0.25, 0.3) is 0 Å². The third-order valence-corrected chi connectivity index (χ3v) is 6.01. The van der Waals surface area contributed by atoms with Crippen LogP contribution in [0.1, 0.15) is 18.7 Å². The van der Waals surface area contributed by atoms with Crippen LogP contribution in [-0.4, -0.2) is 46.4 Å². The summed E-state index contributed by atoms with van der Waals surface area (Å²) in [6.07, 6.45) is -0.766. The number of rotatable bonds is 9. The second-order valence-electron chi connectivity index (χ2n) is 6.53. The molecule has 1 unspecified atom stereocenters. The number of hydrogen-bond donors (Lipinski definition) is 4. The van der Waals surface area contributed by atoms with Crippen molar-refractivity contribution in [2.24, 2.45) is 11.5 Å². The number of H-pyrrole nitrogens is 1. The molecule has 0 saturated heterocycles. The molecule has 0 bridgehead atoms. The van der Waals surface area contributed by atoms with E-state index in [1.54, 1.807) is 18.2 Å². The number of aryl methyl sites for hydroxylation is 1. The molecule has 1 atom stereocenters. The van der Waals surface area contributed by atoms with E-state index in [4.69, 9.17) is 11.5 Å². The highest BCUT2D eigenvalue weighted by atomic mass is 32.2. The van der Waals surface area contributed by atoms with Gasteiger partial charge in [0.15, 0.2) is 5.82 Å². The number of tetrazole rings is 1. The topological polar surface area (TPSA) is 187 Å². The highest BCUT2D eigenvalue weighted by molar-refractivity contribution is 7.89. The van der Waals surface area contributed by atoms with Crippen molar-refractivity contribution in [1.82, 2.24) is 25.3 Å². The molecule has 1 heterocycles. The predicted octanol–water partition coefficient (Wildman–Crippen LogP) is -0.636. The first-order valence-electron chi connectivity index (χ1n) is 8.55. The van der Waals surface area contributed by atoms with E-state index >= 15 is 0 Å². The molecule has 11 nitrogen and oxygen atoms in total. The minimum atomic E-state index is -4.21. The van der Waals surface area contributed by atoms with Crippen LogP contribution in [0.15, 0.2) is 47.4 Å². The molecular formula is C17H19N7O4S. The number of amides is 2. The maximum absolute atomic E-state index is 13.0. The van der Waals surface area contributed by atoms with Crippen LogP contribution in [0.4, 0.5) is 0 Å². The molecule has 152 valence electrons. The van der Waals surface area contributed by atoms with Crippen LogP contribution in [0.5, 0.6) is 0 Å². The third-order valence-electron chi connectivity index (χ3n) is 4.47. The average Bonchev–Trinajstić information content (AvgIpc) is 3.18. The number of benzene rings is 2. The summed E-state index contributed by atoms with van der Waals surface area (Å²) in [6.45, 7) is 0. The Hall–Kier alpha value is -3.38. The van der Waals surface area contributed by atoms with Crippen molar-refractivity contribution >= 4 is 32.6 Å². The molecule has 0 aliphatic carbocycles. The maximum atomic E-state index is 13.0. The Bertz CT molecular complexity index is 1150. The van der Waals surface area contributed by atoms with Crippen molar-refractivity contribution in [2.75, 3.05) is 0 Å². The molecule has 3 aromatic rings. The second kappa shape index (κ2) is 7.93. The van der Waals surface area contributed by atoms with E-state index in [0.717, 1.165) is 5.39 Å². The first kappa shape index (κ1) is 20.4. The maximum Gasteiger partial charge on any atom is 0.241 e. The first-order valence-corrected chi connectivity index (χ1v) is 10.0. The molecule has 0 aliphatic heterocycles. The largest absolute Gasteiger partial charge is 0.370 e. The number of aromatic nitrogens is 4. The summed E-state index contributed by atoms with van der Waals surface area (Å²) in [5, 5.41) is 14.7. The Labute approximate surface area is 165 Å². The van der Waals surface area contributed by atoms with Gasteiger partial charge < -0.3 is 11.5 Å². The Morgan fingerprint density at radius 1 is 1.10 bits per heavy atom.